The fourth-order valence-electron chi connectivity index (χ4n) is 4.98. The zero-order valence-electron chi connectivity index (χ0n) is 21.5. The lowest BCUT2D eigenvalue weighted by Crippen LogP contribution is -2.47. The Morgan fingerprint density at radius 3 is 2.53 bits per heavy atom. The molecule has 0 radical (unpaired) electrons. The van der Waals surface area contributed by atoms with Gasteiger partial charge in [-0.3, -0.25) is 9.59 Å². The topological polar surface area (TPSA) is 103 Å². The lowest BCUT2D eigenvalue weighted by atomic mass is 10.0. The van der Waals surface area contributed by atoms with Gasteiger partial charge in [0.25, 0.3) is 11.8 Å². The molecule has 1 saturated heterocycles. The Balaban J connectivity index is 1.47. The average molecular weight is 537 g/mol. The molecule has 0 aliphatic carbocycles. The monoisotopic (exact) mass is 536 g/mol. The molecular weight excluding hydrogens is 507 g/mol. The number of carbonyl (C=O) groups excluding carboxylic acids is 2. The van der Waals surface area contributed by atoms with E-state index in [4.69, 9.17) is 0 Å². The van der Waals surface area contributed by atoms with Crippen molar-refractivity contribution >= 4 is 39.0 Å². The van der Waals surface area contributed by atoms with Gasteiger partial charge >= 0.3 is 0 Å². The van der Waals surface area contributed by atoms with Crippen LogP contribution in [0.25, 0.3) is 11.6 Å². The minimum atomic E-state index is -3.80. The third kappa shape index (κ3) is 4.89. The maximum absolute atomic E-state index is 13.6. The fraction of sp³-hybridized carbons (Fsp3) is 0.286. The number of benzene rings is 2. The van der Waals surface area contributed by atoms with Gasteiger partial charge in [0.05, 0.1) is 21.8 Å². The molecule has 0 spiro atoms. The molecule has 2 aliphatic rings. The van der Waals surface area contributed by atoms with Crippen molar-refractivity contribution in [3.05, 3.63) is 81.9 Å². The van der Waals surface area contributed by atoms with Gasteiger partial charge in [0.1, 0.15) is 5.82 Å². The fourth-order valence-corrected chi connectivity index (χ4v) is 6.34. The number of amides is 2. The number of sulfone groups is 1. The summed E-state index contributed by atoms with van der Waals surface area (Å²) in [5.41, 5.74) is 4.24. The van der Waals surface area contributed by atoms with Crippen LogP contribution < -0.4 is 5.32 Å². The predicted molar refractivity (Wildman–Crippen MR) is 144 cm³/mol. The second-order valence-electron chi connectivity index (χ2n) is 9.87. The number of aryl methyl sites for hydroxylation is 1. The summed E-state index contributed by atoms with van der Waals surface area (Å²) in [5.74, 6) is -1.28. The van der Waals surface area contributed by atoms with E-state index in [0.29, 0.717) is 52.4 Å². The third-order valence-corrected chi connectivity index (χ3v) is 8.83. The van der Waals surface area contributed by atoms with Crippen molar-refractivity contribution in [2.75, 3.05) is 38.5 Å². The minimum absolute atomic E-state index is 0.0354. The number of likely N-dealkylation sites (N-methyl/N-ethyl adjacent to an activating group) is 1. The molecule has 2 aromatic carbocycles. The molecule has 2 N–H and O–H groups in total. The molecule has 198 valence electrons. The zero-order valence-corrected chi connectivity index (χ0v) is 22.3. The van der Waals surface area contributed by atoms with E-state index >= 15 is 0 Å². The van der Waals surface area contributed by atoms with Gasteiger partial charge in [0.15, 0.2) is 9.84 Å². The van der Waals surface area contributed by atoms with Crippen molar-refractivity contribution in [3.8, 4) is 0 Å². The number of nitrogens with one attached hydrogen (secondary N) is 2. The van der Waals surface area contributed by atoms with E-state index < -0.39 is 15.7 Å². The summed E-state index contributed by atoms with van der Waals surface area (Å²) < 4.78 is 39.8. The van der Waals surface area contributed by atoms with Gasteiger partial charge in [-0.05, 0) is 68.4 Å². The Bertz CT molecular complexity index is 1580. The van der Waals surface area contributed by atoms with Crippen LogP contribution in [0.3, 0.4) is 0 Å². The Morgan fingerprint density at radius 2 is 1.82 bits per heavy atom. The summed E-state index contributed by atoms with van der Waals surface area (Å²) in [4.78, 5) is 33.5. The van der Waals surface area contributed by atoms with E-state index in [1.54, 1.807) is 18.2 Å². The molecule has 0 saturated carbocycles. The van der Waals surface area contributed by atoms with Crippen molar-refractivity contribution in [2.24, 2.45) is 0 Å². The van der Waals surface area contributed by atoms with Gasteiger partial charge in [0, 0.05) is 48.8 Å². The third-order valence-electron chi connectivity index (χ3n) is 7.15. The van der Waals surface area contributed by atoms with Crippen LogP contribution in [-0.4, -0.2) is 68.2 Å². The van der Waals surface area contributed by atoms with E-state index in [1.165, 1.54) is 30.3 Å². The van der Waals surface area contributed by atoms with Gasteiger partial charge in [-0.15, -0.1) is 0 Å². The van der Waals surface area contributed by atoms with Gasteiger partial charge in [0.2, 0.25) is 0 Å². The van der Waals surface area contributed by atoms with Crippen LogP contribution >= 0.6 is 0 Å². The number of hydrogen-bond acceptors (Lipinski definition) is 5. The lowest BCUT2D eigenvalue weighted by Gasteiger charge is -2.32. The van der Waals surface area contributed by atoms with Gasteiger partial charge in [-0.2, -0.15) is 0 Å². The molecular formula is C28H29FN4O4S. The molecule has 0 bridgehead atoms. The normalized spacial score (nSPS) is 17.1. The van der Waals surface area contributed by atoms with Crippen molar-refractivity contribution in [1.29, 1.82) is 0 Å². The first kappa shape index (κ1) is 25.9. The number of anilines is 1. The highest BCUT2D eigenvalue weighted by Crippen LogP contribution is 2.36. The SMILES string of the molecule is Cc1[nH]c(C=C2C(=O)Nc3ccc(S(=O)(=O)Cc4cccc(F)c4)cc32)c(C)c1C(=O)N1CCN(C)CC1. The second kappa shape index (κ2) is 9.85. The first-order valence-corrected chi connectivity index (χ1v) is 14.0. The highest BCUT2D eigenvalue weighted by molar-refractivity contribution is 7.90. The summed E-state index contributed by atoms with van der Waals surface area (Å²) in [7, 11) is -1.77. The van der Waals surface area contributed by atoms with Crippen LogP contribution in [0, 0.1) is 19.7 Å². The standard InChI is InChI=1S/C28H29FN4O4S/c1-17-25(30-18(2)26(17)28(35)33-11-9-32(3)10-12-33)15-23-22-14-21(7-8-24(22)31-27(23)34)38(36,37)16-19-5-4-6-20(29)13-19/h4-8,13-15,30H,9-12,16H2,1-3H3,(H,31,34). The number of aromatic amines is 1. The molecule has 1 fully saturated rings. The van der Waals surface area contributed by atoms with Crippen molar-refractivity contribution in [3.63, 3.8) is 0 Å². The van der Waals surface area contributed by atoms with Gasteiger partial charge in [-0.1, -0.05) is 12.1 Å². The molecule has 2 amide bonds. The molecule has 1 aromatic heterocycles. The lowest BCUT2D eigenvalue weighted by molar-refractivity contribution is -0.110. The van der Waals surface area contributed by atoms with Crippen LogP contribution in [0.15, 0.2) is 47.4 Å². The molecule has 8 nitrogen and oxygen atoms in total. The average Bonchev–Trinajstić information content (AvgIpc) is 3.33. The molecule has 5 rings (SSSR count). The zero-order chi connectivity index (χ0) is 27.2. The first-order valence-electron chi connectivity index (χ1n) is 12.3. The molecule has 3 heterocycles. The van der Waals surface area contributed by atoms with E-state index in [-0.39, 0.29) is 22.5 Å². The van der Waals surface area contributed by atoms with E-state index in [9.17, 15) is 22.4 Å². The molecule has 38 heavy (non-hydrogen) atoms. The predicted octanol–water partition coefficient (Wildman–Crippen LogP) is 3.62. The Kier molecular flexibility index (Phi) is 6.70. The smallest absolute Gasteiger partial charge is 0.256 e. The summed E-state index contributed by atoms with van der Waals surface area (Å²) in [5, 5.41) is 2.78. The maximum atomic E-state index is 13.6. The van der Waals surface area contributed by atoms with Gasteiger partial charge in [-0.25, -0.2) is 12.8 Å². The number of H-pyrrole nitrogens is 1. The summed E-state index contributed by atoms with van der Waals surface area (Å²) in [6, 6.07) is 9.94. The number of aromatic nitrogens is 1. The molecule has 3 aromatic rings. The molecule has 0 atom stereocenters. The Morgan fingerprint density at radius 1 is 1.08 bits per heavy atom. The largest absolute Gasteiger partial charge is 0.358 e. The van der Waals surface area contributed by atoms with Crippen LogP contribution in [0.2, 0.25) is 0 Å². The number of nitrogens with zero attached hydrogens (tertiary/aromatic N) is 2. The van der Waals surface area contributed by atoms with Crippen LogP contribution in [0.5, 0.6) is 0 Å². The number of carbonyl (C=O) groups is 2. The Hall–Kier alpha value is -3.76. The number of rotatable bonds is 5. The number of hydrogen-bond donors (Lipinski definition) is 2. The quantitative estimate of drug-likeness (QED) is 0.485. The number of halogens is 1. The summed E-state index contributed by atoms with van der Waals surface area (Å²) in [6.45, 7) is 6.60. The minimum Gasteiger partial charge on any atom is -0.358 e. The maximum Gasteiger partial charge on any atom is 0.256 e. The summed E-state index contributed by atoms with van der Waals surface area (Å²) in [6.07, 6.45) is 1.66. The summed E-state index contributed by atoms with van der Waals surface area (Å²) >= 11 is 0. The highest BCUT2D eigenvalue weighted by atomic mass is 32.2. The number of fused-ring (bicyclic) bond motifs is 1. The van der Waals surface area contributed by atoms with Crippen molar-refractivity contribution in [1.82, 2.24) is 14.8 Å². The molecule has 2 aliphatic heterocycles. The van der Waals surface area contributed by atoms with Crippen LogP contribution in [0.1, 0.15) is 38.4 Å². The van der Waals surface area contributed by atoms with Crippen LogP contribution in [0.4, 0.5) is 10.1 Å². The van der Waals surface area contributed by atoms with E-state index in [2.05, 4.69) is 15.2 Å². The van der Waals surface area contributed by atoms with Crippen molar-refractivity contribution in [2.45, 2.75) is 24.5 Å². The highest BCUT2D eigenvalue weighted by Gasteiger charge is 2.29. The van der Waals surface area contributed by atoms with Crippen molar-refractivity contribution < 1.29 is 22.4 Å². The van der Waals surface area contributed by atoms with E-state index in [1.807, 2.05) is 25.8 Å². The van der Waals surface area contributed by atoms with E-state index in [0.717, 1.165) is 18.7 Å². The molecule has 10 heteroatoms. The Labute approximate surface area is 221 Å². The molecule has 0 unspecified atom stereocenters. The number of piperazine rings is 1. The first-order chi connectivity index (χ1) is 18.0. The second-order valence-corrected chi connectivity index (χ2v) is 11.9. The van der Waals surface area contributed by atoms with Crippen LogP contribution in [-0.2, 0) is 20.4 Å². The van der Waals surface area contributed by atoms with Gasteiger partial charge < -0.3 is 20.1 Å².